The Balaban J connectivity index is 1.42. The second kappa shape index (κ2) is 6.52. The number of ether oxygens (including phenoxy) is 1. The minimum absolute atomic E-state index is 0.0773. The van der Waals surface area contributed by atoms with Gasteiger partial charge >= 0.3 is 0 Å². The molecule has 0 aromatic heterocycles. The van der Waals surface area contributed by atoms with Gasteiger partial charge < -0.3 is 14.7 Å². The average molecular weight is 379 g/mol. The second-order valence-electron chi connectivity index (χ2n) is 8.70. The van der Waals surface area contributed by atoms with Gasteiger partial charge in [-0.2, -0.15) is 0 Å². The highest BCUT2D eigenvalue weighted by atomic mass is 19.3. The SMILES string of the molecule is COC[C@]1(O)CC[C@]2(CCN(c3ccc(C4CC(F)(F)C4)cc3)C2=O)CC1. The number of rotatable bonds is 4. The fourth-order valence-electron chi connectivity index (χ4n) is 4.96. The minimum atomic E-state index is -2.52. The van der Waals surface area contributed by atoms with E-state index in [9.17, 15) is 18.7 Å². The van der Waals surface area contributed by atoms with Crippen molar-refractivity contribution in [3.8, 4) is 0 Å². The van der Waals surface area contributed by atoms with E-state index in [-0.39, 0.29) is 30.1 Å². The summed E-state index contributed by atoms with van der Waals surface area (Å²) < 4.78 is 31.3. The van der Waals surface area contributed by atoms with Gasteiger partial charge in [-0.3, -0.25) is 4.79 Å². The molecule has 1 aromatic rings. The van der Waals surface area contributed by atoms with Gasteiger partial charge in [-0.1, -0.05) is 12.1 Å². The largest absolute Gasteiger partial charge is 0.387 e. The number of aliphatic hydroxyl groups is 1. The molecule has 148 valence electrons. The molecule has 0 atom stereocenters. The Morgan fingerprint density at radius 1 is 1.11 bits per heavy atom. The Bertz CT molecular complexity index is 703. The van der Waals surface area contributed by atoms with Crippen LogP contribution in [0.1, 0.15) is 56.4 Å². The number of benzene rings is 1. The number of hydrogen-bond donors (Lipinski definition) is 1. The number of carbonyl (C=O) groups excluding carboxylic acids is 1. The van der Waals surface area contributed by atoms with E-state index in [1.165, 1.54) is 0 Å². The quantitative estimate of drug-likeness (QED) is 0.864. The Morgan fingerprint density at radius 2 is 1.74 bits per heavy atom. The fraction of sp³-hybridized carbons (Fsp3) is 0.667. The number of amides is 1. The van der Waals surface area contributed by atoms with Gasteiger partial charge in [0.2, 0.25) is 11.8 Å². The van der Waals surface area contributed by atoms with Crippen LogP contribution in [0, 0.1) is 5.41 Å². The zero-order chi connectivity index (χ0) is 19.3. The van der Waals surface area contributed by atoms with Crippen LogP contribution in [0.25, 0.3) is 0 Å². The van der Waals surface area contributed by atoms with Crippen molar-refractivity contribution in [2.45, 2.75) is 62.4 Å². The van der Waals surface area contributed by atoms with Crippen molar-refractivity contribution in [3.05, 3.63) is 29.8 Å². The van der Waals surface area contributed by atoms with Crippen molar-refractivity contribution in [1.82, 2.24) is 0 Å². The zero-order valence-electron chi connectivity index (χ0n) is 15.7. The number of alkyl halides is 2. The summed E-state index contributed by atoms with van der Waals surface area (Å²) in [7, 11) is 1.58. The summed E-state index contributed by atoms with van der Waals surface area (Å²) in [6.45, 7) is 0.977. The van der Waals surface area contributed by atoms with Crippen LogP contribution in [0.3, 0.4) is 0 Å². The maximum atomic E-state index is 13.1. The van der Waals surface area contributed by atoms with Gasteiger partial charge in [0.15, 0.2) is 0 Å². The third-order valence-electron chi connectivity index (χ3n) is 6.83. The van der Waals surface area contributed by atoms with Crippen LogP contribution in [0.2, 0.25) is 0 Å². The topological polar surface area (TPSA) is 49.8 Å². The molecule has 2 aliphatic carbocycles. The molecule has 4 nitrogen and oxygen atoms in total. The Hall–Kier alpha value is -1.53. The monoisotopic (exact) mass is 379 g/mol. The van der Waals surface area contributed by atoms with E-state index < -0.39 is 11.5 Å². The molecule has 0 unspecified atom stereocenters. The lowest BCUT2D eigenvalue weighted by Gasteiger charge is -2.40. The summed E-state index contributed by atoms with van der Waals surface area (Å²) in [5.41, 5.74) is 0.562. The summed E-state index contributed by atoms with van der Waals surface area (Å²) in [5, 5.41) is 10.5. The average Bonchev–Trinajstić information content (AvgIpc) is 2.93. The van der Waals surface area contributed by atoms with Crippen molar-refractivity contribution in [3.63, 3.8) is 0 Å². The van der Waals surface area contributed by atoms with Gasteiger partial charge in [-0.25, -0.2) is 8.78 Å². The normalized spacial score (nSPS) is 29.9. The van der Waals surface area contributed by atoms with Crippen LogP contribution in [0.15, 0.2) is 24.3 Å². The molecule has 1 saturated heterocycles. The molecule has 1 heterocycles. The summed E-state index contributed by atoms with van der Waals surface area (Å²) in [5.74, 6) is -2.47. The first-order chi connectivity index (χ1) is 12.8. The number of carbonyl (C=O) groups is 1. The third-order valence-corrected chi connectivity index (χ3v) is 6.83. The van der Waals surface area contributed by atoms with Crippen LogP contribution in [-0.2, 0) is 9.53 Å². The number of hydrogen-bond acceptors (Lipinski definition) is 3. The van der Waals surface area contributed by atoms with Crippen molar-refractivity contribution in [2.24, 2.45) is 5.41 Å². The third kappa shape index (κ3) is 3.38. The van der Waals surface area contributed by atoms with E-state index in [0.717, 1.165) is 17.7 Å². The molecule has 1 spiro atoms. The van der Waals surface area contributed by atoms with Gasteiger partial charge in [0.05, 0.1) is 17.6 Å². The Labute approximate surface area is 158 Å². The van der Waals surface area contributed by atoms with Crippen LogP contribution >= 0.6 is 0 Å². The van der Waals surface area contributed by atoms with Gasteiger partial charge in [0.25, 0.3) is 0 Å². The predicted octanol–water partition coefficient (Wildman–Crippen LogP) is 3.87. The molecule has 1 amide bonds. The fourth-order valence-corrected chi connectivity index (χ4v) is 4.96. The van der Waals surface area contributed by atoms with E-state index >= 15 is 0 Å². The molecule has 1 N–H and O–H groups in total. The van der Waals surface area contributed by atoms with E-state index in [1.807, 2.05) is 29.2 Å². The van der Waals surface area contributed by atoms with Crippen molar-refractivity contribution < 1.29 is 23.4 Å². The zero-order valence-corrected chi connectivity index (χ0v) is 15.7. The van der Waals surface area contributed by atoms with Crippen molar-refractivity contribution in [2.75, 3.05) is 25.2 Å². The van der Waals surface area contributed by atoms with Crippen molar-refractivity contribution in [1.29, 1.82) is 0 Å². The minimum Gasteiger partial charge on any atom is -0.387 e. The highest BCUT2D eigenvalue weighted by molar-refractivity contribution is 6.00. The molecule has 2 saturated carbocycles. The Kier molecular flexibility index (Phi) is 4.54. The van der Waals surface area contributed by atoms with E-state index in [2.05, 4.69) is 0 Å². The summed E-state index contributed by atoms with van der Waals surface area (Å²) in [6.07, 6.45) is 3.15. The number of anilines is 1. The van der Waals surface area contributed by atoms with Gasteiger partial charge in [-0.05, 0) is 55.7 Å². The molecule has 0 bridgehead atoms. The highest BCUT2D eigenvalue weighted by Gasteiger charge is 2.51. The summed E-state index contributed by atoms with van der Waals surface area (Å²) >= 11 is 0. The van der Waals surface area contributed by atoms with Gasteiger partial charge in [0.1, 0.15) is 0 Å². The lowest BCUT2D eigenvalue weighted by Crippen LogP contribution is -2.45. The first-order valence-corrected chi connectivity index (χ1v) is 9.77. The molecule has 1 aromatic carbocycles. The standard InChI is InChI=1S/C21H27F2NO3/c1-27-14-20(26)8-6-19(7-9-20)10-11-24(18(19)25)17-4-2-15(3-5-17)16-12-21(22,23)13-16/h2-5,16,26H,6-14H2,1H3/t19-,20+. The van der Waals surface area contributed by atoms with Crippen LogP contribution < -0.4 is 4.90 Å². The molecule has 4 rings (SSSR count). The summed E-state index contributed by atoms with van der Waals surface area (Å²) in [6, 6.07) is 7.52. The van der Waals surface area contributed by atoms with E-state index in [4.69, 9.17) is 4.74 Å². The van der Waals surface area contributed by atoms with Gasteiger partial charge in [-0.15, -0.1) is 0 Å². The molecule has 0 radical (unpaired) electrons. The molecule has 3 fully saturated rings. The number of methoxy groups -OCH3 is 1. The maximum Gasteiger partial charge on any atom is 0.249 e. The molecule has 3 aliphatic rings. The van der Waals surface area contributed by atoms with Gasteiger partial charge in [0, 0.05) is 32.2 Å². The first-order valence-electron chi connectivity index (χ1n) is 9.77. The lowest BCUT2D eigenvalue weighted by atomic mass is 9.68. The summed E-state index contributed by atoms with van der Waals surface area (Å²) in [4.78, 5) is 15.0. The smallest absolute Gasteiger partial charge is 0.249 e. The predicted molar refractivity (Wildman–Crippen MR) is 98.1 cm³/mol. The lowest BCUT2D eigenvalue weighted by molar-refractivity contribution is -0.133. The maximum absolute atomic E-state index is 13.1. The van der Waals surface area contributed by atoms with Crippen LogP contribution in [0.5, 0.6) is 0 Å². The van der Waals surface area contributed by atoms with E-state index in [0.29, 0.717) is 38.8 Å². The first kappa shape index (κ1) is 18.8. The van der Waals surface area contributed by atoms with Crippen LogP contribution in [0.4, 0.5) is 14.5 Å². The number of nitrogens with zero attached hydrogens (tertiary/aromatic N) is 1. The molecule has 1 aliphatic heterocycles. The van der Waals surface area contributed by atoms with Crippen molar-refractivity contribution >= 4 is 11.6 Å². The van der Waals surface area contributed by atoms with E-state index in [1.54, 1.807) is 7.11 Å². The highest BCUT2D eigenvalue weighted by Crippen LogP contribution is 2.50. The Morgan fingerprint density at radius 3 is 2.30 bits per heavy atom. The second-order valence-corrected chi connectivity index (χ2v) is 8.70. The number of halogens is 2. The van der Waals surface area contributed by atoms with Crippen LogP contribution in [-0.4, -0.2) is 42.8 Å². The molecule has 27 heavy (non-hydrogen) atoms. The molecular formula is C21H27F2NO3. The molecular weight excluding hydrogens is 352 g/mol. The molecule has 6 heteroatoms.